The van der Waals surface area contributed by atoms with Crippen LogP contribution in [0, 0.1) is 0 Å². The Balaban J connectivity index is 1.85. The van der Waals surface area contributed by atoms with Crippen LogP contribution >= 0.6 is 0 Å². The minimum atomic E-state index is -4.50. The van der Waals surface area contributed by atoms with Crippen molar-refractivity contribution in [2.75, 3.05) is 11.4 Å². The average Bonchev–Trinajstić information content (AvgIpc) is 2.99. The van der Waals surface area contributed by atoms with Crippen molar-refractivity contribution in [3.05, 3.63) is 53.7 Å². The second kappa shape index (κ2) is 6.71. The van der Waals surface area contributed by atoms with Crippen LogP contribution in [0.1, 0.15) is 30.9 Å². The Bertz CT molecular complexity index is 688. The Hall–Kier alpha value is -2.24. The van der Waals surface area contributed by atoms with E-state index in [-0.39, 0.29) is 18.5 Å². The summed E-state index contributed by atoms with van der Waals surface area (Å²) in [7, 11) is 0. The van der Waals surface area contributed by atoms with Crippen LogP contribution < -0.4 is 9.64 Å². The number of benzene rings is 1. The number of ether oxygens (including phenoxy) is 1. The van der Waals surface area contributed by atoms with Crippen LogP contribution in [0.3, 0.4) is 0 Å². The lowest BCUT2D eigenvalue weighted by Gasteiger charge is -2.25. The predicted octanol–water partition coefficient (Wildman–Crippen LogP) is 4.67. The second-order valence-corrected chi connectivity index (χ2v) is 6.00. The van der Waals surface area contributed by atoms with E-state index in [1.54, 1.807) is 12.1 Å². The third kappa shape index (κ3) is 3.63. The summed E-state index contributed by atoms with van der Waals surface area (Å²) in [5, 5.41) is 0. The zero-order valence-electron chi connectivity index (χ0n) is 13.4. The molecule has 1 saturated heterocycles. The monoisotopic (exact) mass is 336 g/mol. The molecule has 6 heteroatoms. The van der Waals surface area contributed by atoms with Gasteiger partial charge in [-0.05, 0) is 31.4 Å². The molecule has 0 radical (unpaired) electrons. The van der Waals surface area contributed by atoms with E-state index in [4.69, 9.17) is 4.74 Å². The van der Waals surface area contributed by atoms with Gasteiger partial charge >= 0.3 is 6.18 Å². The van der Waals surface area contributed by atoms with Gasteiger partial charge in [0.15, 0.2) is 0 Å². The van der Waals surface area contributed by atoms with Crippen LogP contribution in [0.4, 0.5) is 18.9 Å². The van der Waals surface area contributed by atoms with Crippen molar-refractivity contribution in [1.82, 2.24) is 4.98 Å². The standard InChI is InChI=1S/C18H19F3N2O/c1-13-6-5-9-23(13)15-10-16(18(19,20)21)17(22-11-15)24-12-14-7-3-2-4-8-14/h2-4,7-8,10-11,13H,5-6,9,12H2,1H3/t13-/m0/s1. The van der Waals surface area contributed by atoms with Crippen molar-refractivity contribution < 1.29 is 17.9 Å². The number of alkyl halides is 3. The maximum atomic E-state index is 13.4. The van der Waals surface area contributed by atoms with Crippen molar-refractivity contribution >= 4 is 5.69 Å². The van der Waals surface area contributed by atoms with Gasteiger partial charge in [-0.2, -0.15) is 13.2 Å². The van der Waals surface area contributed by atoms with Gasteiger partial charge < -0.3 is 9.64 Å². The molecule has 1 fully saturated rings. The maximum absolute atomic E-state index is 13.4. The number of aromatic nitrogens is 1. The van der Waals surface area contributed by atoms with Crippen molar-refractivity contribution in [2.24, 2.45) is 0 Å². The normalized spacial score (nSPS) is 18.0. The van der Waals surface area contributed by atoms with E-state index in [1.165, 1.54) is 6.20 Å². The summed E-state index contributed by atoms with van der Waals surface area (Å²) in [6.45, 7) is 2.82. The molecular formula is C18H19F3N2O. The van der Waals surface area contributed by atoms with Crippen LogP contribution in [0.15, 0.2) is 42.6 Å². The average molecular weight is 336 g/mol. The molecule has 1 aliphatic rings. The number of nitrogens with zero attached hydrogens (tertiary/aromatic N) is 2. The van der Waals surface area contributed by atoms with E-state index in [2.05, 4.69) is 4.98 Å². The zero-order valence-corrected chi connectivity index (χ0v) is 13.4. The van der Waals surface area contributed by atoms with Gasteiger partial charge in [0.25, 0.3) is 0 Å². The highest BCUT2D eigenvalue weighted by atomic mass is 19.4. The lowest BCUT2D eigenvalue weighted by atomic mass is 10.2. The van der Waals surface area contributed by atoms with E-state index < -0.39 is 11.7 Å². The third-order valence-electron chi connectivity index (χ3n) is 4.25. The Morgan fingerprint density at radius 2 is 2.00 bits per heavy atom. The smallest absolute Gasteiger partial charge is 0.421 e. The molecule has 1 aromatic heterocycles. The molecule has 2 aromatic rings. The fourth-order valence-corrected chi connectivity index (χ4v) is 2.96. The number of hydrogen-bond acceptors (Lipinski definition) is 3. The fourth-order valence-electron chi connectivity index (χ4n) is 2.96. The summed E-state index contributed by atoms with van der Waals surface area (Å²) in [6.07, 6.45) is -1.07. The van der Waals surface area contributed by atoms with E-state index in [1.807, 2.05) is 30.0 Å². The summed E-state index contributed by atoms with van der Waals surface area (Å²) in [5.41, 5.74) is 0.471. The molecule has 0 bridgehead atoms. The molecule has 24 heavy (non-hydrogen) atoms. The first kappa shape index (κ1) is 16.6. The molecule has 0 saturated carbocycles. The number of pyridine rings is 1. The van der Waals surface area contributed by atoms with E-state index >= 15 is 0 Å². The molecule has 1 aliphatic heterocycles. The molecular weight excluding hydrogens is 317 g/mol. The Labute approximate surface area is 139 Å². The van der Waals surface area contributed by atoms with Crippen LogP contribution in [0.25, 0.3) is 0 Å². The van der Waals surface area contributed by atoms with Crippen molar-refractivity contribution in [1.29, 1.82) is 0 Å². The summed E-state index contributed by atoms with van der Waals surface area (Å²) in [5.74, 6) is -0.373. The van der Waals surface area contributed by atoms with E-state index in [0.29, 0.717) is 5.69 Å². The summed E-state index contributed by atoms with van der Waals surface area (Å²) >= 11 is 0. The maximum Gasteiger partial charge on any atom is 0.421 e. The van der Waals surface area contributed by atoms with E-state index in [9.17, 15) is 13.2 Å². The van der Waals surface area contributed by atoms with Gasteiger partial charge in [0.2, 0.25) is 5.88 Å². The van der Waals surface area contributed by atoms with Crippen molar-refractivity contribution in [3.8, 4) is 5.88 Å². The van der Waals surface area contributed by atoms with Crippen LogP contribution in [-0.4, -0.2) is 17.6 Å². The predicted molar refractivity (Wildman–Crippen MR) is 86.1 cm³/mol. The molecule has 128 valence electrons. The number of rotatable bonds is 4. The molecule has 3 rings (SSSR count). The molecule has 3 nitrogen and oxygen atoms in total. The molecule has 0 aliphatic carbocycles. The molecule has 1 aromatic carbocycles. The highest BCUT2D eigenvalue weighted by Crippen LogP contribution is 2.38. The van der Waals surface area contributed by atoms with Crippen molar-refractivity contribution in [3.63, 3.8) is 0 Å². The fraction of sp³-hybridized carbons (Fsp3) is 0.389. The molecule has 0 spiro atoms. The van der Waals surface area contributed by atoms with Crippen LogP contribution in [-0.2, 0) is 12.8 Å². The second-order valence-electron chi connectivity index (χ2n) is 6.00. The Morgan fingerprint density at radius 1 is 1.25 bits per heavy atom. The first-order valence-electron chi connectivity index (χ1n) is 7.96. The van der Waals surface area contributed by atoms with Crippen molar-refractivity contribution in [2.45, 2.75) is 38.6 Å². The highest BCUT2D eigenvalue weighted by Gasteiger charge is 2.36. The number of anilines is 1. The van der Waals surface area contributed by atoms with Crippen LogP contribution in [0.5, 0.6) is 5.88 Å². The Morgan fingerprint density at radius 3 is 2.62 bits per heavy atom. The summed E-state index contributed by atoms with van der Waals surface area (Å²) in [4.78, 5) is 5.92. The lowest BCUT2D eigenvalue weighted by molar-refractivity contribution is -0.139. The topological polar surface area (TPSA) is 25.4 Å². The minimum Gasteiger partial charge on any atom is -0.472 e. The lowest BCUT2D eigenvalue weighted by Crippen LogP contribution is -2.27. The van der Waals surface area contributed by atoms with Gasteiger partial charge in [-0.15, -0.1) is 0 Å². The number of halogens is 3. The Kier molecular flexibility index (Phi) is 4.64. The van der Waals surface area contributed by atoms with Crippen LogP contribution in [0.2, 0.25) is 0 Å². The molecule has 0 unspecified atom stereocenters. The van der Waals surface area contributed by atoms with Gasteiger partial charge in [0, 0.05) is 12.6 Å². The molecule has 1 atom stereocenters. The summed E-state index contributed by atoms with van der Waals surface area (Å²) < 4.78 is 45.5. The highest BCUT2D eigenvalue weighted by molar-refractivity contribution is 5.51. The van der Waals surface area contributed by atoms with Gasteiger partial charge in [0.1, 0.15) is 12.2 Å². The quantitative estimate of drug-likeness (QED) is 0.811. The first-order chi connectivity index (χ1) is 11.4. The largest absolute Gasteiger partial charge is 0.472 e. The first-order valence-corrected chi connectivity index (χ1v) is 7.96. The third-order valence-corrected chi connectivity index (χ3v) is 4.25. The zero-order chi connectivity index (χ0) is 17.2. The molecule has 2 heterocycles. The molecule has 0 amide bonds. The summed E-state index contributed by atoms with van der Waals surface area (Å²) in [6, 6.07) is 10.4. The minimum absolute atomic E-state index is 0.0520. The van der Waals surface area contributed by atoms with Gasteiger partial charge in [-0.1, -0.05) is 30.3 Å². The van der Waals surface area contributed by atoms with Gasteiger partial charge in [0.05, 0.1) is 11.9 Å². The SMILES string of the molecule is C[C@H]1CCCN1c1cnc(OCc2ccccc2)c(C(F)(F)F)c1. The van der Waals surface area contributed by atoms with Gasteiger partial charge in [-0.3, -0.25) is 0 Å². The number of hydrogen-bond donors (Lipinski definition) is 0. The molecule has 0 N–H and O–H groups in total. The van der Waals surface area contributed by atoms with E-state index in [0.717, 1.165) is 31.0 Å². The van der Waals surface area contributed by atoms with Gasteiger partial charge in [-0.25, -0.2) is 4.98 Å².